The first-order valence-electron chi connectivity index (χ1n) is 8.56. The average Bonchev–Trinajstić information content (AvgIpc) is 2.82. The summed E-state index contributed by atoms with van der Waals surface area (Å²) < 4.78 is 5.42. The molecule has 0 aromatic heterocycles. The van der Waals surface area contributed by atoms with Gasteiger partial charge in [0.15, 0.2) is 5.12 Å². The predicted molar refractivity (Wildman–Crippen MR) is 91.5 cm³/mol. The number of nitrogens with zero attached hydrogens (tertiary/aromatic N) is 2. The number of ether oxygens (including phenoxy) is 1. The van der Waals surface area contributed by atoms with Crippen molar-refractivity contribution in [2.45, 2.75) is 45.8 Å². The first-order chi connectivity index (χ1) is 11.2. The number of carbonyl (C=O) groups is 3. The Bertz CT molecular complexity index is 547. The summed E-state index contributed by atoms with van der Waals surface area (Å²) in [6, 6.07) is 0.281. The molecule has 2 heterocycles. The average molecular weight is 354 g/mol. The molecule has 3 aliphatic rings. The van der Waals surface area contributed by atoms with Crippen LogP contribution >= 0.6 is 11.8 Å². The van der Waals surface area contributed by atoms with Crippen LogP contribution in [0.1, 0.15) is 34.1 Å². The number of fused-ring (bicyclic) bond motifs is 1. The number of amides is 2. The molecule has 0 aromatic rings. The molecule has 4 atom stereocenters. The van der Waals surface area contributed by atoms with E-state index >= 15 is 0 Å². The van der Waals surface area contributed by atoms with Gasteiger partial charge in [0, 0.05) is 56.6 Å². The molecule has 0 spiro atoms. The number of likely N-dealkylation sites (tertiary alicyclic amines) is 2. The highest BCUT2D eigenvalue weighted by Gasteiger charge is 2.61. The molecule has 3 fully saturated rings. The fourth-order valence-corrected chi connectivity index (χ4v) is 4.57. The van der Waals surface area contributed by atoms with Gasteiger partial charge < -0.3 is 14.5 Å². The second-order valence-corrected chi connectivity index (χ2v) is 9.32. The van der Waals surface area contributed by atoms with Crippen molar-refractivity contribution in [1.29, 1.82) is 0 Å². The zero-order chi connectivity index (χ0) is 17.6. The third kappa shape index (κ3) is 3.71. The number of piperidine rings is 1. The van der Waals surface area contributed by atoms with Gasteiger partial charge >= 0.3 is 6.09 Å². The number of hydrogen-bond donors (Lipinski definition) is 0. The lowest BCUT2D eigenvalue weighted by molar-refractivity contribution is -0.128. The molecule has 24 heavy (non-hydrogen) atoms. The van der Waals surface area contributed by atoms with Gasteiger partial charge in [-0.1, -0.05) is 11.8 Å². The zero-order valence-electron chi connectivity index (χ0n) is 14.8. The molecule has 3 rings (SSSR count). The molecule has 0 N–H and O–H groups in total. The third-order valence-electron chi connectivity index (χ3n) is 4.92. The lowest BCUT2D eigenvalue weighted by atomic mass is 10.1. The van der Waals surface area contributed by atoms with E-state index in [-0.39, 0.29) is 29.1 Å². The topological polar surface area (TPSA) is 66.9 Å². The fourth-order valence-electron chi connectivity index (χ4n) is 3.88. The summed E-state index contributed by atoms with van der Waals surface area (Å²) in [5, 5.41) is 0.109. The van der Waals surface area contributed by atoms with Gasteiger partial charge in [-0.05, 0) is 26.7 Å². The zero-order valence-corrected chi connectivity index (χ0v) is 15.6. The van der Waals surface area contributed by atoms with E-state index in [4.69, 9.17) is 4.74 Å². The van der Waals surface area contributed by atoms with Crippen LogP contribution in [0.2, 0.25) is 0 Å². The monoisotopic (exact) mass is 354 g/mol. The van der Waals surface area contributed by atoms with Crippen LogP contribution in [-0.4, -0.2) is 63.9 Å². The molecule has 0 bridgehead atoms. The molecule has 134 valence electrons. The highest BCUT2D eigenvalue weighted by molar-refractivity contribution is 8.13. The SMILES string of the molecule is CC(=O)SCC1CC(=O)N(C2[C@H]3CN(C(=O)OC(C)(C)C)C[C@@H]23)C1. The Hall–Kier alpha value is -1.24. The Morgan fingerprint density at radius 1 is 1.21 bits per heavy atom. The minimum atomic E-state index is -0.476. The van der Waals surface area contributed by atoms with Crippen LogP contribution in [0.15, 0.2) is 0 Å². The van der Waals surface area contributed by atoms with E-state index in [9.17, 15) is 14.4 Å². The lowest BCUT2D eigenvalue weighted by Crippen LogP contribution is -2.40. The Morgan fingerprint density at radius 3 is 2.38 bits per heavy atom. The van der Waals surface area contributed by atoms with Crippen LogP contribution in [0.25, 0.3) is 0 Å². The summed E-state index contributed by atoms with van der Waals surface area (Å²) in [4.78, 5) is 39.2. The van der Waals surface area contributed by atoms with E-state index in [1.165, 1.54) is 11.8 Å². The van der Waals surface area contributed by atoms with Crippen molar-refractivity contribution in [3.05, 3.63) is 0 Å². The fraction of sp³-hybridized carbons (Fsp3) is 0.824. The van der Waals surface area contributed by atoms with Crippen LogP contribution in [0.4, 0.5) is 4.79 Å². The molecule has 2 saturated heterocycles. The van der Waals surface area contributed by atoms with Crippen molar-refractivity contribution < 1.29 is 19.1 Å². The molecule has 1 aliphatic carbocycles. The number of thioether (sulfide) groups is 1. The molecule has 1 saturated carbocycles. The first-order valence-corrected chi connectivity index (χ1v) is 9.55. The van der Waals surface area contributed by atoms with E-state index < -0.39 is 5.60 Å². The van der Waals surface area contributed by atoms with Gasteiger partial charge in [-0.2, -0.15) is 0 Å². The Balaban J connectivity index is 1.48. The van der Waals surface area contributed by atoms with Crippen molar-refractivity contribution in [2.75, 3.05) is 25.4 Å². The van der Waals surface area contributed by atoms with Gasteiger partial charge in [-0.15, -0.1) is 0 Å². The summed E-state index contributed by atoms with van der Waals surface area (Å²) in [6.07, 6.45) is 0.295. The molecule has 0 radical (unpaired) electrons. The summed E-state index contributed by atoms with van der Waals surface area (Å²) in [5.41, 5.74) is -0.476. The van der Waals surface area contributed by atoms with Gasteiger partial charge in [0.05, 0.1) is 0 Å². The minimum Gasteiger partial charge on any atom is -0.444 e. The van der Waals surface area contributed by atoms with Gasteiger partial charge in [-0.3, -0.25) is 9.59 Å². The van der Waals surface area contributed by atoms with E-state index in [0.29, 0.717) is 31.3 Å². The van der Waals surface area contributed by atoms with Crippen LogP contribution in [0.3, 0.4) is 0 Å². The summed E-state index contributed by atoms with van der Waals surface area (Å²) >= 11 is 1.31. The standard InChI is InChI=1S/C17H26N2O4S/c1-10(20)24-9-11-5-14(21)19(6-11)15-12-7-18(8-13(12)15)16(22)23-17(2,3)4/h11-13,15H,5-9H2,1-4H3/t11?,12-,13+,15?. The lowest BCUT2D eigenvalue weighted by Gasteiger charge is -2.27. The van der Waals surface area contributed by atoms with Gasteiger partial charge in [0.25, 0.3) is 0 Å². The molecule has 0 aromatic carbocycles. The summed E-state index contributed by atoms with van der Waals surface area (Å²) in [5.74, 6) is 1.98. The van der Waals surface area contributed by atoms with Crippen LogP contribution in [0, 0.1) is 17.8 Å². The van der Waals surface area contributed by atoms with E-state index in [1.54, 1.807) is 11.8 Å². The molecule has 7 heteroatoms. The number of hydrogen-bond acceptors (Lipinski definition) is 5. The maximum absolute atomic E-state index is 12.3. The van der Waals surface area contributed by atoms with Crippen molar-refractivity contribution in [3.8, 4) is 0 Å². The highest BCUT2D eigenvalue weighted by atomic mass is 32.2. The third-order valence-corrected chi connectivity index (χ3v) is 5.97. The second-order valence-electron chi connectivity index (χ2n) is 8.12. The number of carbonyl (C=O) groups excluding carboxylic acids is 3. The van der Waals surface area contributed by atoms with Crippen molar-refractivity contribution >= 4 is 28.9 Å². The molecule has 2 aliphatic heterocycles. The predicted octanol–water partition coefficient (Wildman–Crippen LogP) is 1.98. The quantitative estimate of drug-likeness (QED) is 0.775. The summed E-state index contributed by atoms with van der Waals surface area (Å²) in [6.45, 7) is 9.28. The smallest absolute Gasteiger partial charge is 0.410 e. The van der Waals surface area contributed by atoms with E-state index in [0.717, 1.165) is 12.3 Å². The van der Waals surface area contributed by atoms with Crippen LogP contribution in [0.5, 0.6) is 0 Å². The Kier molecular flexibility index (Phi) is 4.57. The maximum atomic E-state index is 12.3. The van der Waals surface area contributed by atoms with Crippen LogP contribution < -0.4 is 0 Å². The normalized spacial score (nSPS) is 32.1. The van der Waals surface area contributed by atoms with E-state index in [1.807, 2.05) is 25.7 Å². The Labute approximate surface area is 147 Å². The number of rotatable bonds is 3. The first kappa shape index (κ1) is 17.6. The molecule has 2 amide bonds. The molecule has 2 unspecified atom stereocenters. The molecule has 6 nitrogen and oxygen atoms in total. The van der Waals surface area contributed by atoms with Crippen molar-refractivity contribution in [3.63, 3.8) is 0 Å². The minimum absolute atomic E-state index is 0.109. The molecular formula is C17H26N2O4S. The Morgan fingerprint density at radius 2 is 1.83 bits per heavy atom. The van der Waals surface area contributed by atoms with Crippen molar-refractivity contribution in [2.24, 2.45) is 17.8 Å². The van der Waals surface area contributed by atoms with Gasteiger partial charge in [-0.25, -0.2) is 4.79 Å². The molecular weight excluding hydrogens is 328 g/mol. The highest BCUT2D eigenvalue weighted by Crippen LogP contribution is 2.50. The van der Waals surface area contributed by atoms with Crippen molar-refractivity contribution in [1.82, 2.24) is 9.80 Å². The largest absolute Gasteiger partial charge is 0.444 e. The second kappa shape index (κ2) is 6.24. The van der Waals surface area contributed by atoms with Gasteiger partial charge in [0.2, 0.25) is 5.91 Å². The van der Waals surface area contributed by atoms with E-state index in [2.05, 4.69) is 0 Å². The summed E-state index contributed by atoms with van der Waals surface area (Å²) in [7, 11) is 0. The van der Waals surface area contributed by atoms with Gasteiger partial charge in [0.1, 0.15) is 5.60 Å². The maximum Gasteiger partial charge on any atom is 0.410 e. The van der Waals surface area contributed by atoms with Crippen LogP contribution in [-0.2, 0) is 14.3 Å².